The molecule has 0 atom stereocenters. The molecule has 3 aromatic heterocycles. The summed E-state index contributed by atoms with van der Waals surface area (Å²) in [5, 5.41) is 4.77. The van der Waals surface area contributed by atoms with Gasteiger partial charge < -0.3 is 4.42 Å². The summed E-state index contributed by atoms with van der Waals surface area (Å²) in [6.07, 6.45) is 0.672. The molecule has 0 radical (unpaired) electrons. The summed E-state index contributed by atoms with van der Waals surface area (Å²) in [6.45, 7) is 7.97. The average Bonchev–Trinajstić information content (AvgIpc) is 3.51. The zero-order valence-corrected chi connectivity index (χ0v) is 23.7. The van der Waals surface area contributed by atoms with Gasteiger partial charge in [-0.05, 0) is 53.1 Å². The number of hydrogen-bond donors (Lipinski definition) is 0. The van der Waals surface area contributed by atoms with E-state index in [4.69, 9.17) is 7.16 Å². The number of aromatic nitrogens is 1. The molecule has 0 saturated carbocycles. The highest BCUT2D eigenvalue weighted by molar-refractivity contribution is 7.26. The van der Waals surface area contributed by atoms with E-state index in [0.717, 1.165) is 49.9 Å². The molecule has 4 aromatic carbocycles. The van der Waals surface area contributed by atoms with Gasteiger partial charge in [0.15, 0.2) is 11.8 Å². The van der Waals surface area contributed by atoms with E-state index in [-0.39, 0.29) is 0 Å². The van der Waals surface area contributed by atoms with E-state index < -0.39 is 11.8 Å². The fraction of sp³-hybridized carbons (Fsp3) is 0.194. The van der Waals surface area contributed by atoms with Crippen LogP contribution in [-0.4, -0.2) is 0 Å². The molecule has 0 saturated heterocycles. The second-order valence-corrected chi connectivity index (χ2v) is 12.6. The summed E-state index contributed by atoms with van der Waals surface area (Å²) in [5.74, 6) is 0. The number of aryl methyl sites for hydroxylation is 2. The zero-order valence-electron chi connectivity index (χ0n) is 24.9. The molecule has 0 fully saturated rings. The summed E-state index contributed by atoms with van der Waals surface area (Å²) < 4.78 is 28.7. The average molecular weight is 529 g/mol. The number of pyridine rings is 1. The smallest absolute Gasteiger partial charge is 0.216 e. The molecule has 0 aliphatic rings. The van der Waals surface area contributed by atoms with Gasteiger partial charge in [-0.15, -0.1) is 11.3 Å². The number of nitrogens with zero attached hydrogens (tertiary/aromatic N) is 1. The van der Waals surface area contributed by atoms with Gasteiger partial charge in [-0.1, -0.05) is 81.4 Å². The topological polar surface area (TPSA) is 17.0 Å². The first-order chi connectivity index (χ1) is 19.5. The quantitative estimate of drug-likeness (QED) is 0.209. The Morgan fingerprint density at radius 3 is 2.31 bits per heavy atom. The Labute approximate surface area is 236 Å². The van der Waals surface area contributed by atoms with Crippen LogP contribution in [0.3, 0.4) is 0 Å². The maximum Gasteiger partial charge on any atom is 0.216 e. The second kappa shape index (κ2) is 8.79. The molecule has 7 rings (SSSR count). The molecule has 3 heteroatoms. The molecule has 7 aromatic rings. The van der Waals surface area contributed by atoms with E-state index in [9.17, 15) is 0 Å². The number of rotatable bonds is 3. The summed E-state index contributed by atoms with van der Waals surface area (Å²) in [4.78, 5) is 0. The maximum atomic E-state index is 8.65. The Kier molecular flexibility index (Phi) is 4.94. The molecule has 192 valence electrons. The van der Waals surface area contributed by atoms with E-state index >= 15 is 0 Å². The van der Waals surface area contributed by atoms with Crippen molar-refractivity contribution < 1.29 is 11.7 Å². The van der Waals surface area contributed by atoms with Gasteiger partial charge in [-0.2, -0.15) is 0 Å². The van der Waals surface area contributed by atoms with Crippen molar-refractivity contribution in [2.75, 3.05) is 0 Å². The fourth-order valence-corrected chi connectivity index (χ4v) is 6.86. The lowest BCUT2D eigenvalue weighted by Crippen LogP contribution is -2.30. The molecule has 0 N–H and O–H groups in total. The van der Waals surface area contributed by atoms with Crippen molar-refractivity contribution in [1.29, 1.82) is 0 Å². The van der Waals surface area contributed by atoms with Crippen LogP contribution in [0.25, 0.3) is 64.5 Å². The van der Waals surface area contributed by atoms with Crippen LogP contribution in [0.15, 0.2) is 95.5 Å². The predicted octanol–water partition coefficient (Wildman–Crippen LogP) is 10.0. The Morgan fingerprint density at radius 1 is 0.795 bits per heavy atom. The first-order valence-electron chi connectivity index (χ1n) is 14.4. The van der Waals surface area contributed by atoms with Gasteiger partial charge >= 0.3 is 0 Å². The number of furan rings is 1. The monoisotopic (exact) mass is 528 g/mol. The fourth-order valence-electron chi connectivity index (χ4n) is 5.67. The molecular weight excluding hydrogens is 494 g/mol. The molecule has 0 spiro atoms. The molecule has 0 bridgehead atoms. The van der Waals surface area contributed by atoms with Gasteiger partial charge in [-0.25, -0.2) is 4.57 Å². The molecular formula is C36H32NOS+. The third-order valence-electron chi connectivity index (χ3n) is 7.51. The Morgan fingerprint density at radius 2 is 1.51 bits per heavy atom. The highest BCUT2D eigenvalue weighted by Gasteiger charge is 2.23. The highest BCUT2D eigenvalue weighted by Crippen LogP contribution is 2.44. The van der Waals surface area contributed by atoms with E-state index in [0.29, 0.717) is 5.56 Å². The minimum absolute atomic E-state index is 0.494. The van der Waals surface area contributed by atoms with E-state index in [1.54, 1.807) is 11.3 Å². The van der Waals surface area contributed by atoms with Crippen LogP contribution in [0.1, 0.15) is 34.6 Å². The third-order valence-corrected chi connectivity index (χ3v) is 8.69. The van der Waals surface area contributed by atoms with Crippen LogP contribution in [0.2, 0.25) is 0 Å². The van der Waals surface area contributed by atoms with Gasteiger partial charge in [0.2, 0.25) is 5.69 Å². The molecule has 2 nitrogen and oxygen atoms in total. The van der Waals surface area contributed by atoms with Crippen LogP contribution >= 0.6 is 11.3 Å². The van der Waals surface area contributed by atoms with E-state index in [1.165, 1.54) is 20.2 Å². The van der Waals surface area contributed by atoms with Gasteiger partial charge in [0.1, 0.15) is 12.6 Å². The van der Waals surface area contributed by atoms with Gasteiger partial charge in [-0.3, -0.25) is 0 Å². The van der Waals surface area contributed by atoms with Crippen molar-refractivity contribution in [1.82, 2.24) is 0 Å². The lowest BCUT2D eigenvalue weighted by atomic mass is 9.87. The van der Waals surface area contributed by atoms with Crippen molar-refractivity contribution in [2.24, 2.45) is 12.5 Å². The first kappa shape index (κ1) is 21.9. The van der Waals surface area contributed by atoms with Gasteiger partial charge in [0.05, 0.1) is 10.3 Å². The molecule has 0 aliphatic carbocycles. The Hall–Kier alpha value is -3.95. The summed E-state index contributed by atoms with van der Waals surface area (Å²) in [5.41, 5.74) is 7.54. The summed E-state index contributed by atoms with van der Waals surface area (Å²) >= 11 is 1.79. The second-order valence-electron chi connectivity index (χ2n) is 11.5. The number of fused-ring (bicyclic) bond motifs is 7. The summed E-state index contributed by atoms with van der Waals surface area (Å²) in [6, 6.07) is 29.6. The third kappa shape index (κ3) is 4.04. The van der Waals surface area contributed by atoms with Gasteiger partial charge in [0, 0.05) is 41.1 Å². The standard InChI is InChI=1S/C36H32NOS/c1-22-10-15-27-28-16-17-29-26-8-6-7-9-31(26)39-35(29)34(28)38-33(27)32(22)30-20-25(18-19-37(30)5)24-13-11-23(12-14-24)21-36(2,3)4/h6-20H,21H2,1-5H3/q+1/i21D2. The van der Waals surface area contributed by atoms with Crippen molar-refractivity contribution in [3.63, 3.8) is 0 Å². The van der Waals surface area contributed by atoms with Crippen molar-refractivity contribution >= 4 is 53.4 Å². The van der Waals surface area contributed by atoms with Gasteiger partial charge in [0.25, 0.3) is 0 Å². The molecule has 0 amide bonds. The van der Waals surface area contributed by atoms with Crippen molar-refractivity contribution in [2.45, 2.75) is 34.1 Å². The highest BCUT2D eigenvalue weighted by atomic mass is 32.1. The molecule has 0 aliphatic heterocycles. The van der Waals surface area contributed by atoms with E-state index in [2.05, 4.69) is 85.4 Å². The van der Waals surface area contributed by atoms with Crippen LogP contribution in [0.4, 0.5) is 0 Å². The maximum absolute atomic E-state index is 8.65. The number of benzene rings is 4. The predicted molar refractivity (Wildman–Crippen MR) is 167 cm³/mol. The Balaban J connectivity index is 1.40. The van der Waals surface area contributed by atoms with Crippen LogP contribution in [0, 0.1) is 12.3 Å². The number of thiophene rings is 1. The molecule has 39 heavy (non-hydrogen) atoms. The molecule has 3 heterocycles. The van der Waals surface area contributed by atoms with Crippen LogP contribution < -0.4 is 4.57 Å². The number of hydrogen-bond acceptors (Lipinski definition) is 2. The van der Waals surface area contributed by atoms with Crippen molar-refractivity contribution in [3.05, 3.63) is 102 Å². The summed E-state index contributed by atoms with van der Waals surface area (Å²) in [7, 11) is 2.07. The molecule has 0 unspecified atom stereocenters. The van der Waals surface area contributed by atoms with Crippen LogP contribution in [0.5, 0.6) is 0 Å². The lowest BCUT2D eigenvalue weighted by Gasteiger charge is -2.18. The zero-order chi connectivity index (χ0) is 28.7. The van der Waals surface area contributed by atoms with Crippen molar-refractivity contribution in [3.8, 4) is 22.4 Å². The minimum Gasteiger partial charge on any atom is -0.454 e. The normalized spacial score (nSPS) is 13.5. The minimum atomic E-state index is -1.42. The SMILES string of the molecule is [2H]C([2H])(c1ccc(-c2cc[n+](C)c(-c3c(C)ccc4c3oc3c4ccc4c5ccccc5sc43)c2)cc1)C(C)(C)C. The Bertz CT molecular complexity index is 2130. The largest absolute Gasteiger partial charge is 0.454 e. The first-order valence-corrected chi connectivity index (χ1v) is 14.2. The van der Waals surface area contributed by atoms with E-state index in [1.807, 2.05) is 45.0 Å². The van der Waals surface area contributed by atoms with Crippen LogP contribution in [-0.2, 0) is 13.4 Å². The lowest BCUT2D eigenvalue weighted by molar-refractivity contribution is -0.660.